The molecular weight excluding hydrogens is 198 g/mol. The molecule has 90 valence electrons. The molecule has 0 aliphatic rings. The lowest BCUT2D eigenvalue weighted by atomic mass is 10.0. The van der Waals surface area contributed by atoms with Crippen LogP contribution in [0.15, 0.2) is 24.3 Å². The minimum absolute atomic E-state index is 0.175. The summed E-state index contributed by atoms with van der Waals surface area (Å²) < 4.78 is 0. The fourth-order valence-electron chi connectivity index (χ4n) is 1.86. The maximum atomic E-state index is 9.17. The molecule has 0 spiro atoms. The molecule has 0 fully saturated rings. The normalized spacial score (nSPS) is 13.8. The van der Waals surface area contributed by atoms with Crippen molar-refractivity contribution in [2.45, 2.75) is 52.1 Å². The number of rotatable bonds is 4. The van der Waals surface area contributed by atoms with Crippen LogP contribution in [0.1, 0.15) is 39.7 Å². The Morgan fingerprint density at radius 1 is 1.19 bits per heavy atom. The SMILES string of the molecule is CC(CCc1ccc(O)cc1)NC(C)(C)C. The maximum Gasteiger partial charge on any atom is 0.115 e. The molecule has 2 nitrogen and oxygen atoms in total. The van der Waals surface area contributed by atoms with E-state index in [4.69, 9.17) is 0 Å². The highest BCUT2D eigenvalue weighted by Crippen LogP contribution is 2.12. The van der Waals surface area contributed by atoms with E-state index in [0.29, 0.717) is 11.8 Å². The smallest absolute Gasteiger partial charge is 0.115 e. The second kappa shape index (κ2) is 5.35. The zero-order chi connectivity index (χ0) is 12.2. The Balaban J connectivity index is 2.37. The quantitative estimate of drug-likeness (QED) is 0.819. The van der Waals surface area contributed by atoms with Gasteiger partial charge in [-0.25, -0.2) is 0 Å². The zero-order valence-corrected chi connectivity index (χ0v) is 10.7. The van der Waals surface area contributed by atoms with Crippen LogP contribution < -0.4 is 5.32 Å². The molecule has 0 saturated heterocycles. The first-order valence-corrected chi connectivity index (χ1v) is 5.92. The highest BCUT2D eigenvalue weighted by Gasteiger charge is 2.13. The summed E-state index contributed by atoms with van der Waals surface area (Å²) in [5.74, 6) is 0.338. The van der Waals surface area contributed by atoms with Gasteiger partial charge in [-0.05, 0) is 58.2 Å². The number of nitrogens with one attached hydrogen (secondary N) is 1. The third-order valence-electron chi connectivity index (χ3n) is 2.48. The molecule has 0 bridgehead atoms. The third-order valence-corrected chi connectivity index (χ3v) is 2.48. The van der Waals surface area contributed by atoms with Gasteiger partial charge in [0.1, 0.15) is 5.75 Å². The van der Waals surface area contributed by atoms with Crippen molar-refractivity contribution < 1.29 is 5.11 Å². The predicted octanol–water partition coefficient (Wildman–Crippen LogP) is 3.10. The average molecular weight is 221 g/mol. The number of hydrogen-bond donors (Lipinski definition) is 2. The van der Waals surface area contributed by atoms with Crippen LogP contribution in [0.25, 0.3) is 0 Å². The Morgan fingerprint density at radius 3 is 2.25 bits per heavy atom. The zero-order valence-electron chi connectivity index (χ0n) is 10.7. The summed E-state index contributed by atoms with van der Waals surface area (Å²) in [5.41, 5.74) is 1.45. The molecule has 16 heavy (non-hydrogen) atoms. The van der Waals surface area contributed by atoms with E-state index >= 15 is 0 Å². The third kappa shape index (κ3) is 5.17. The minimum atomic E-state index is 0.175. The van der Waals surface area contributed by atoms with Crippen molar-refractivity contribution in [1.82, 2.24) is 5.32 Å². The molecule has 1 rings (SSSR count). The number of aryl methyl sites for hydroxylation is 1. The van der Waals surface area contributed by atoms with E-state index in [1.807, 2.05) is 12.1 Å². The van der Waals surface area contributed by atoms with E-state index in [1.54, 1.807) is 12.1 Å². The lowest BCUT2D eigenvalue weighted by Gasteiger charge is -2.26. The lowest BCUT2D eigenvalue weighted by Crippen LogP contribution is -2.42. The number of phenolic OH excluding ortho intramolecular Hbond substituents is 1. The van der Waals surface area contributed by atoms with E-state index in [2.05, 4.69) is 33.0 Å². The monoisotopic (exact) mass is 221 g/mol. The van der Waals surface area contributed by atoms with Crippen molar-refractivity contribution in [3.8, 4) is 5.75 Å². The van der Waals surface area contributed by atoms with Crippen LogP contribution in [0.5, 0.6) is 5.75 Å². The molecular formula is C14H23NO. The number of phenols is 1. The molecule has 1 aromatic carbocycles. The fourth-order valence-corrected chi connectivity index (χ4v) is 1.86. The van der Waals surface area contributed by atoms with Gasteiger partial charge in [0.05, 0.1) is 0 Å². The molecule has 1 atom stereocenters. The lowest BCUT2D eigenvalue weighted by molar-refractivity contribution is 0.360. The summed E-state index contributed by atoms with van der Waals surface area (Å²) in [6.07, 6.45) is 2.16. The van der Waals surface area contributed by atoms with Crippen LogP contribution in [-0.4, -0.2) is 16.7 Å². The first kappa shape index (κ1) is 13.0. The molecule has 0 saturated carbocycles. The van der Waals surface area contributed by atoms with Gasteiger partial charge >= 0.3 is 0 Å². The molecule has 2 heteroatoms. The highest BCUT2D eigenvalue weighted by molar-refractivity contribution is 5.25. The van der Waals surface area contributed by atoms with Gasteiger partial charge < -0.3 is 10.4 Å². The molecule has 0 aliphatic carbocycles. The second-order valence-electron chi connectivity index (χ2n) is 5.50. The van der Waals surface area contributed by atoms with Crippen molar-refractivity contribution in [2.75, 3.05) is 0 Å². The first-order chi connectivity index (χ1) is 7.37. The maximum absolute atomic E-state index is 9.17. The molecule has 2 N–H and O–H groups in total. The van der Waals surface area contributed by atoms with Crippen LogP contribution in [-0.2, 0) is 6.42 Å². The second-order valence-corrected chi connectivity index (χ2v) is 5.50. The standard InChI is InChI=1S/C14H23NO/c1-11(15-14(2,3)4)5-6-12-7-9-13(16)10-8-12/h7-11,15-16H,5-6H2,1-4H3. The Bertz CT molecular complexity index is 311. The van der Waals surface area contributed by atoms with Gasteiger partial charge in [0.25, 0.3) is 0 Å². The van der Waals surface area contributed by atoms with Gasteiger partial charge in [-0.15, -0.1) is 0 Å². The topological polar surface area (TPSA) is 32.3 Å². The Hall–Kier alpha value is -1.02. The molecule has 0 aliphatic heterocycles. The summed E-state index contributed by atoms with van der Waals surface area (Å²) in [6.45, 7) is 8.77. The molecule has 0 amide bonds. The van der Waals surface area contributed by atoms with E-state index in [9.17, 15) is 5.11 Å². The van der Waals surface area contributed by atoms with Crippen LogP contribution in [0.2, 0.25) is 0 Å². The van der Waals surface area contributed by atoms with Gasteiger partial charge in [0.15, 0.2) is 0 Å². The largest absolute Gasteiger partial charge is 0.508 e. The van der Waals surface area contributed by atoms with Gasteiger partial charge in [-0.2, -0.15) is 0 Å². The molecule has 0 aromatic heterocycles. The van der Waals surface area contributed by atoms with Gasteiger partial charge in [0, 0.05) is 11.6 Å². The van der Waals surface area contributed by atoms with E-state index < -0.39 is 0 Å². The summed E-state index contributed by atoms with van der Waals surface area (Å²) in [7, 11) is 0. The Labute approximate surface area is 98.7 Å². The molecule has 1 aromatic rings. The van der Waals surface area contributed by atoms with Crippen molar-refractivity contribution in [3.63, 3.8) is 0 Å². The first-order valence-electron chi connectivity index (χ1n) is 5.92. The van der Waals surface area contributed by atoms with Gasteiger partial charge in [-0.1, -0.05) is 12.1 Å². The van der Waals surface area contributed by atoms with Crippen LogP contribution in [0.3, 0.4) is 0 Å². The summed E-state index contributed by atoms with van der Waals surface area (Å²) in [5, 5.41) is 12.7. The average Bonchev–Trinajstić information content (AvgIpc) is 2.14. The van der Waals surface area contributed by atoms with Crippen molar-refractivity contribution >= 4 is 0 Å². The Morgan fingerprint density at radius 2 is 1.75 bits per heavy atom. The van der Waals surface area contributed by atoms with Gasteiger partial charge in [-0.3, -0.25) is 0 Å². The summed E-state index contributed by atoms with van der Waals surface area (Å²) >= 11 is 0. The summed E-state index contributed by atoms with van der Waals surface area (Å²) in [4.78, 5) is 0. The van der Waals surface area contributed by atoms with Crippen LogP contribution >= 0.6 is 0 Å². The number of hydrogen-bond acceptors (Lipinski definition) is 2. The molecule has 0 radical (unpaired) electrons. The van der Waals surface area contributed by atoms with Crippen molar-refractivity contribution in [2.24, 2.45) is 0 Å². The fraction of sp³-hybridized carbons (Fsp3) is 0.571. The van der Waals surface area contributed by atoms with E-state index in [-0.39, 0.29) is 5.54 Å². The molecule has 0 heterocycles. The summed E-state index contributed by atoms with van der Waals surface area (Å²) in [6, 6.07) is 7.97. The van der Waals surface area contributed by atoms with E-state index in [1.165, 1.54) is 5.56 Å². The van der Waals surface area contributed by atoms with Crippen molar-refractivity contribution in [1.29, 1.82) is 0 Å². The van der Waals surface area contributed by atoms with Crippen LogP contribution in [0, 0.1) is 0 Å². The molecule has 1 unspecified atom stereocenters. The number of aromatic hydroxyl groups is 1. The number of benzene rings is 1. The van der Waals surface area contributed by atoms with Crippen molar-refractivity contribution in [3.05, 3.63) is 29.8 Å². The van der Waals surface area contributed by atoms with Gasteiger partial charge in [0.2, 0.25) is 0 Å². The Kier molecular flexibility index (Phi) is 4.36. The van der Waals surface area contributed by atoms with E-state index in [0.717, 1.165) is 12.8 Å². The van der Waals surface area contributed by atoms with Crippen LogP contribution in [0.4, 0.5) is 0 Å². The predicted molar refractivity (Wildman–Crippen MR) is 68.8 cm³/mol. The highest BCUT2D eigenvalue weighted by atomic mass is 16.3. The minimum Gasteiger partial charge on any atom is -0.508 e.